The van der Waals surface area contributed by atoms with E-state index < -0.39 is 14.0 Å². The standard InChI is InChI=1S/C23H21O4P/c1-15-14-16(2)21(23(25)27-28(26)19-12-8-5-9-13-19)17(3)20(15)22(24)18-10-6-4-7-11-18/h4-14,28H,1-3H3. The SMILES string of the molecule is Cc1cc(C)c(C(=O)c2ccccc2)c(C)c1C(=O)O[PH](=O)c1ccccc1. The smallest absolute Gasteiger partial charge is 0.343 e. The van der Waals surface area contributed by atoms with Gasteiger partial charge in [-0.05, 0) is 49.6 Å². The molecule has 1 unspecified atom stereocenters. The molecular weight excluding hydrogens is 371 g/mol. The third-order valence-corrected chi connectivity index (χ3v) is 5.81. The highest BCUT2D eigenvalue weighted by Crippen LogP contribution is 2.29. The lowest BCUT2D eigenvalue weighted by atomic mass is 9.89. The van der Waals surface area contributed by atoms with Crippen LogP contribution in [0, 0.1) is 20.8 Å². The van der Waals surface area contributed by atoms with E-state index >= 15 is 0 Å². The van der Waals surface area contributed by atoms with Crippen molar-refractivity contribution >= 4 is 25.1 Å². The van der Waals surface area contributed by atoms with Crippen LogP contribution in [-0.2, 0) is 9.09 Å². The first kappa shape index (κ1) is 19.8. The van der Waals surface area contributed by atoms with E-state index in [9.17, 15) is 14.2 Å². The maximum Gasteiger partial charge on any atom is 0.343 e. The molecule has 3 aromatic carbocycles. The highest BCUT2D eigenvalue weighted by Gasteiger charge is 2.24. The summed E-state index contributed by atoms with van der Waals surface area (Å²) in [5.74, 6) is -0.829. The Hall–Kier alpha value is -2.97. The summed E-state index contributed by atoms with van der Waals surface area (Å²) in [7, 11) is -2.73. The molecule has 142 valence electrons. The molecule has 0 aliphatic carbocycles. The van der Waals surface area contributed by atoms with Crippen LogP contribution in [0.25, 0.3) is 0 Å². The first-order chi connectivity index (χ1) is 13.4. The van der Waals surface area contributed by atoms with E-state index in [2.05, 4.69) is 0 Å². The maximum atomic E-state index is 13.0. The second-order valence-electron chi connectivity index (χ2n) is 6.62. The fraction of sp³-hybridized carbons (Fsp3) is 0.130. The molecule has 0 radical (unpaired) electrons. The van der Waals surface area contributed by atoms with Gasteiger partial charge in [-0.15, -0.1) is 0 Å². The highest BCUT2D eigenvalue weighted by atomic mass is 31.1. The fourth-order valence-corrected chi connectivity index (χ4v) is 4.20. The van der Waals surface area contributed by atoms with Crippen molar-refractivity contribution in [2.45, 2.75) is 20.8 Å². The molecule has 0 amide bonds. The number of carbonyl (C=O) groups is 2. The van der Waals surface area contributed by atoms with Crippen LogP contribution < -0.4 is 5.30 Å². The van der Waals surface area contributed by atoms with E-state index in [0.717, 1.165) is 5.56 Å². The van der Waals surface area contributed by atoms with Gasteiger partial charge >= 0.3 is 5.97 Å². The van der Waals surface area contributed by atoms with Crippen molar-refractivity contribution in [1.29, 1.82) is 0 Å². The van der Waals surface area contributed by atoms with Crippen molar-refractivity contribution in [3.8, 4) is 0 Å². The first-order valence-electron chi connectivity index (χ1n) is 8.92. The largest absolute Gasteiger partial charge is 0.407 e. The van der Waals surface area contributed by atoms with Gasteiger partial charge in [-0.2, -0.15) is 0 Å². The molecule has 0 heterocycles. The topological polar surface area (TPSA) is 60.4 Å². The zero-order valence-corrected chi connectivity index (χ0v) is 17.0. The lowest BCUT2D eigenvalue weighted by Gasteiger charge is -2.16. The van der Waals surface area contributed by atoms with Gasteiger partial charge in [-0.3, -0.25) is 9.36 Å². The van der Waals surface area contributed by atoms with E-state index in [-0.39, 0.29) is 5.78 Å². The molecule has 0 N–H and O–H groups in total. The number of hydrogen-bond acceptors (Lipinski definition) is 4. The van der Waals surface area contributed by atoms with Gasteiger partial charge in [0.15, 0.2) is 5.78 Å². The van der Waals surface area contributed by atoms with Crippen molar-refractivity contribution < 1.29 is 18.7 Å². The molecule has 0 aliphatic rings. The van der Waals surface area contributed by atoms with E-state index in [0.29, 0.717) is 33.1 Å². The minimum absolute atomic E-state index is 0.152. The van der Waals surface area contributed by atoms with Crippen LogP contribution in [0.5, 0.6) is 0 Å². The summed E-state index contributed by atoms with van der Waals surface area (Å²) in [5.41, 5.74) is 3.33. The second-order valence-corrected chi connectivity index (χ2v) is 7.98. The summed E-state index contributed by atoms with van der Waals surface area (Å²) in [4.78, 5) is 25.8. The Morgan fingerprint density at radius 2 is 1.32 bits per heavy atom. The predicted octanol–water partition coefficient (Wildman–Crippen LogP) is 4.80. The maximum absolute atomic E-state index is 13.0. The Balaban J connectivity index is 1.99. The molecule has 0 aliphatic heterocycles. The third-order valence-electron chi connectivity index (χ3n) is 4.63. The van der Waals surface area contributed by atoms with Crippen LogP contribution in [0.15, 0.2) is 66.7 Å². The number of benzene rings is 3. The minimum atomic E-state index is -2.73. The monoisotopic (exact) mass is 392 g/mol. The number of rotatable bonds is 5. The van der Waals surface area contributed by atoms with E-state index in [1.165, 1.54) is 0 Å². The molecular formula is C23H21O4P. The molecule has 0 saturated heterocycles. The Kier molecular flexibility index (Phi) is 5.91. The number of aryl methyl sites for hydroxylation is 2. The average Bonchev–Trinajstić information content (AvgIpc) is 2.68. The second kappa shape index (κ2) is 8.37. The summed E-state index contributed by atoms with van der Waals surface area (Å²) >= 11 is 0. The fourth-order valence-electron chi connectivity index (χ4n) is 3.35. The van der Waals surface area contributed by atoms with E-state index in [4.69, 9.17) is 4.52 Å². The van der Waals surface area contributed by atoms with Crippen molar-refractivity contribution in [2.24, 2.45) is 0 Å². The number of hydrogen-bond donors (Lipinski definition) is 0. The van der Waals surface area contributed by atoms with Crippen molar-refractivity contribution in [2.75, 3.05) is 0 Å². The van der Waals surface area contributed by atoms with E-state index in [1.807, 2.05) is 13.0 Å². The third kappa shape index (κ3) is 3.97. The molecule has 3 aromatic rings. The van der Waals surface area contributed by atoms with Gasteiger partial charge in [0, 0.05) is 16.4 Å². The van der Waals surface area contributed by atoms with Gasteiger partial charge in [-0.25, -0.2) is 4.79 Å². The summed E-state index contributed by atoms with van der Waals surface area (Å²) in [6.07, 6.45) is 0. The van der Waals surface area contributed by atoms with Crippen molar-refractivity contribution in [1.82, 2.24) is 0 Å². The van der Waals surface area contributed by atoms with Crippen LogP contribution in [0.3, 0.4) is 0 Å². The van der Waals surface area contributed by atoms with Gasteiger partial charge in [0.2, 0.25) is 0 Å². The van der Waals surface area contributed by atoms with Gasteiger partial charge in [0.1, 0.15) is 0 Å². The average molecular weight is 392 g/mol. The first-order valence-corrected chi connectivity index (χ1v) is 10.2. The van der Waals surface area contributed by atoms with Crippen LogP contribution in [0.2, 0.25) is 0 Å². The molecule has 1 atom stereocenters. The van der Waals surface area contributed by atoms with Gasteiger partial charge < -0.3 is 4.52 Å². The number of ketones is 1. The summed E-state index contributed by atoms with van der Waals surface area (Å²) < 4.78 is 17.7. The Labute approximate surface area is 165 Å². The Bertz CT molecular complexity index is 1060. The summed E-state index contributed by atoms with van der Waals surface area (Å²) in [5, 5.41) is 0.476. The van der Waals surface area contributed by atoms with Gasteiger partial charge in [-0.1, -0.05) is 54.6 Å². The van der Waals surface area contributed by atoms with Gasteiger partial charge in [0.05, 0.1) is 5.56 Å². The number of carbonyl (C=O) groups excluding carboxylic acids is 2. The molecule has 4 nitrogen and oxygen atoms in total. The normalized spacial score (nSPS) is 11.7. The Morgan fingerprint density at radius 3 is 1.93 bits per heavy atom. The van der Waals surface area contributed by atoms with E-state index in [1.54, 1.807) is 74.5 Å². The molecule has 0 spiro atoms. The van der Waals surface area contributed by atoms with Crippen molar-refractivity contribution in [3.63, 3.8) is 0 Å². The Morgan fingerprint density at radius 1 is 0.786 bits per heavy atom. The summed E-state index contributed by atoms with van der Waals surface area (Å²) in [6.45, 7) is 5.36. The van der Waals surface area contributed by atoms with Crippen LogP contribution >= 0.6 is 8.03 Å². The molecule has 3 rings (SSSR count). The highest BCUT2D eigenvalue weighted by molar-refractivity contribution is 7.49. The quantitative estimate of drug-likeness (QED) is 0.462. The van der Waals surface area contributed by atoms with Crippen LogP contribution in [0.4, 0.5) is 0 Å². The lowest BCUT2D eigenvalue weighted by Crippen LogP contribution is -2.14. The lowest BCUT2D eigenvalue weighted by molar-refractivity contribution is 0.0750. The molecule has 0 fully saturated rings. The van der Waals surface area contributed by atoms with Crippen molar-refractivity contribution in [3.05, 3.63) is 100 Å². The summed E-state index contributed by atoms with van der Waals surface area (Å²) in [6, 6.07) is 19.3. The predicted molar refractivity (Wildman–Crippen MR) is 111 cm³/mol. The molecule has 28 heavy (non-hydrogen) atoms. The zero-order chi connectivity index (χ0) is 20.3. The molecule has 0 aromatic heterocycles. The zero-order valence-electron chi connectivity index (χ0n) is 16.0. The van der Waals surface area contributed by atoms with Crippen LogP contribution in [0.1, 0.15) is 43.0 Å². The molecule has 0 saturated carbocycles. The minimum Gasteiger partial charge on any atom is -0.407 e. The van der Waals surface area contributed by atoms with Gasteiger partial charge in [0.25, 0.3) is 8.03 Å². The molecule has 0 bridgehead atoms. The molecule has 5 heteroatoms. The van der Waals surface area contributed by atoms with Crippen LogP contribution in [-0.4, -0.2) is 11.8 Å².